The summed E-state index contributed by atoms with van der Waals surface area (Å²) in [7, 11) is 0. The van der Waals surface area contributed by atoms with E-state index in [0.29, 0.717) is 16.8 Å². The highest BCUT2D eigenvalue weighted by Crippen LogP contribution is 2.26. The van der Waals surface area contributed by atoms with Gasteiger partial charge in [-0.1, -0.05) is 18.2 Å². The maximum Gasteiger partial charge on any atom is 0.287 e. The zero-order valence-electron chi connectivity index (χ0n) is 24.2. The van der Waals surface area contributed by atoms with E-state index in [9.17, 15) is 9.59 Å². The zero-order valence-corrected chi connectivity index (χ0v) is 24.2. The lowest BCUT2D eigenvalue weighted by atomic mass is 9.95. The highest BCUT2D eigenvalue weighted by molar-refractivity contribution is 5.98. The number of rotatable bonds is 8. The van der Waals surface area contributed by atoms with Gasteiger partial charge < -0.3 is 15.1 Å². The Balaban J connectivity index is 0.971. The number of benzene rings is 2. The van der Waals surface area contributed by atoms with Crippen molar-refractivity contribution in [3.05, 3.63) is 95.5 Å². The van der Waals surface area contributed by atoms with Crippen molar-refractivity contribution in [1.82, 2.24) is 20.1 Å². The summed E-state index contributed by atoms with van der Waals surface area (Å²) in [6.45, 7) is 5.22. The number of amides is 2. The molecule has 220 valence electrons. The Morgan fingerprint density at radius 2 is 1.63 bits per heavy atom. The molecule has 2 amide bonds. The van der Waals surface area contributed by atoms with Gasteiger partial charge >= 0.3 is 0 Å². The van der Waals surface area contributed by atoms with Gasteiger partial charge in [0.15, 0.2) is 5.76 Å². The summed E-state index contributed by atoms with van der Waals surface area (Å²) in [5.74, 6) is 0.0688. The van der Waals surface area contributed by atoms with Crippen LogP contribution in [0.15, 0.2) is 77.5 Å². The van der Waals surface area contributed by atoms with Crippen LogP contribution in [0.1, 0.15) is 52.9 Å². The van der Waals surface area contributed by atoms with Gasteiger partial charge in [-0.25, -0.2) is 0 Å². The topological polar surface area (TPSA) is 114 Å². The number of anilines is 1. The average Bonchev–Trinajstić information content (AvgIpc) is 3.47. The fraction of sp³-hybridized carbons (Fsp3) is 0.353. The molecule has 4 aromatic rings. The quantitative estimate of drug-likeness (QED) is 0.305. The number of pyridine rings is 1. The Labute approximate surface area is 251 Å². The van der Waals surface area contributed by atoms with E-state index in [4.69, 9.17) is 9.68 Å². The normalized spacial score (nSPS) is 17.0. The summed E-state index contributed by atoms with van der Waals surface area (Å²) >= 11 is 0. The highest BCUT2D eigenvalue weighted by Gasteiger charge is 2.26. The van der Waals surface area contributed by atoms with Crippen LogP contribution in [0.25, 0.3) is 11.0 Å². The molecule has 6 rings (SSSR count). The SMILES string of the molecule is N#Cc1ccc(CN2CCC(NC(=O)c3cc4cc(NC(=O)C5CCN(Cc6cccnc6)CC5)ccc4o3)CC2)cc1. The van der Waals surface area contributed by atoms with Crippen molar-refractivity contribution >= 4 is 28.5 Å². The molecule has 43 heavy (non-hydrogen) atoms. The number of nitrogens with one attached hydrogen (secondary N) is 2. The third-order valence-corrected chi connectivity index (χ3v) is 8.51. The fourth-order valence-corrected chi connectivity index (χ4v) is 6.02. The molecule has 9 heteroatoms. The van der Waals surface area contributed by atoms with Crippen molar-refractivity contribution < 1.29 is 14.0 Å². The van der Waals surface area contributed by atoms with Crippen molar-refractivity contribution in [3.8, 4) is 6.07 Å². The van der Waals surface area contributed by atoms with Crippen LogP contribution in [0.5, 0.6) is 0 Å². The third-order valence-electron chi connectivity index (χ3n) is 8.51. The van der Waals surface area contributed by atoms with Crippen LogP contribution in [0.2, 0.25) is 0 Å². The van der Waals surface area contributed by atoms with Crippen LogP contribution in [0.4, 0.5) is 5.69 Å². The van der Waals surface area contributed by atoms with Crippen LogP contribution in [-0.4, -0.2) is 58.8 Å². The molecule has 4 heterocycles. The van der Waals surface area contributed by atoms with Crippen LogP contribution >= 0.6 is 0 Å². The number of fused-ring (bicyclic) bond motifs is 1. The predicted octanol–water partition coefficient (Wildman–Crippen LogP) is 4.94. The van der Waals surface area contributed by atoms with Crippen molar-refractivity contribution in [2.45, 2.75) is 44.8 Å². The number of piperidine rings is 2. The molecule has 2 aliphatic heterocycles. The number of carbonyl (C=O) groups is 2. The van der Waals surface area contributed by atoms with Gasteiger partial charge in [0.05, 0.1) is 11.6 Å². The molecular formula is C34H36N6O3. The van der Waals surface area contributed by atoms with E-state index < -0.39 is 0 Å². The van der Waals surface area contributed by atoms with Gasteiger partial charge in [-0.05, 0) is 92.4 Å². The lowest BCUT2D eigenvalue weighted by Gasteiger charge is -2.32. The standard InChI is InChI=1S/C34H36N6O3/c35-20-24-3-5-25(6-4-24)22-40-16-11-29(12-17-40)37-34(42)32-19-28-18-30(7-8-31(28)43-32)38-33(41)27-9-14-39(15-10-27)23-26-2-1-13-36-21-26/h1-8,13,18-19,21,27,29H,9-12,14-17,22-23H2,(H,37,42)(H,38,41). The summed E-state index contributed by atoms with van der Waals surface area (Å²) in [5.41, 5.74) is 4.36. The maximum atomic E-state index is 13.0. The van der Waals surface area contributed by atoms with Crippen LogP contribution < -0.4 is 10.6 Å². The van der Waals surface area contributed by atoms with Gasteiger partial charge in [0, 0.05) is 61.6 Å². The Bertz CT molecular complexity index is 1590. The molecular weight excluding hydrogens is 540 g/mol. The number of nitriles is 1. The maximum absolute atomic E-state index is 13.0. The van der Waals surface area contributed by atoms with Gasteiger partial charge in [0.2, 0.25) is 5.91 Å². The molecule has 0 spiro atoms. The fourth-order valence-electron chi connectivity index (χ4n) is 6.02. The van der Waals surface area contributed by atoms with Gasteiger partial charge in [0.25, 0.3) is 5.91 Å². The number of hydrogen-bond acceptors (Lipinski definition) is 7. The summed E-state index contributed by atoms with van der Waals surface area (Å²) in [6.07, 6.45) is 7.04. The Kier molecular flexibility index (Phi) is 8.77. The monoisotopic (exact) mass is 576 g/mol. The number of likely N-dealkylation sites (tertiary alicyclic amines) is 2. The van der Waals surface area contributed by atoms with E-state index in [1.807, 2.05) is 48.7 Å². The smallest absolute Gasteiger partial charge is 0.287 e. The Morgan fingerprint density at radius 3 is 2.33 bits per heavy atom. The Morgan fingerprint density at radius 1 is 0.907 bits per heavy atom. The summed E-state index contributed by atoms with van der Waals surface area (Å²) in [6, 6.07) is 21.2. The molecule has 0 saturated carbocycles. The number of nitrogens with zero attached hydrogens (tertiary/aromatic N) is 4. The van der Waals surface area contributed by atoms with Crippen LogP contribution in [-0.2, 0) is 17.9 Å². The minimum atomic E-state index is -0.217. The minimum absolute atomic E-state index is 0.0259. The van der Waals surface area contributed by atoms with Crippen molar-refractivity contribution in [2.75, 3.05) is 31.5 Å². The zero-order chi connectivity index (χ0) is 29.6. The summed E-state index contributed by atoms with van der Waals surface area (Å²) < 4.78 is 5.86. The highest BCUT2D eigenvalue weighted by atomic mass is 16.3. The van der Waals surface area contributed by atoms with Crippen molar-refractivity contribution in [2.24, 2.45) is 5.92 Å². The molecule has 0 atom stereocenters. The van der Waals surface area contributed by atoms with Gasteiger partial charge in [-0.2, -0.15) is 5.26 Å². The first kappa shape index (κ1) is 28.6. The lowest BCUT2D eigenvalue weighted by molar-refractivity contribution is -0.121. The lowest BCUT2D eigenvalue weighted by Crippen LogP contribution is -2.44. The van der Waals surface area contributed by atoms with Crippen molar-refractivity contribution in [1.29, 1.82) is 5.26 Å². The molecule has 2 aromatic carbocycles. The van der Waals surface area contributed by atoms with E-state index in [1.54, 1.807) is 18.3 Å². The second kappa shape index (κ2) is 13.2. The molecule has 2 aromatic heterocycles. The number of furan rings is 1. The van der Waals surface area contributed by atoms with Crippen LogP contribution in [0, 0.1) is 17.2 Å². The first-order chi connectivity index (χ1) is 21.0. The molecule has 2 N–H and O–H groups in total. The third kappa shape index (κ3) is 7.28. The molecule has 0 aliphatic carbocycles. The predicted molar refractivity (Wildman–Crippen MR) is 164 cm³/mol. The second-order valence-electron chi connectivity index (χ2n) is 11.6. The first-order valence-corrected chi connectivity index (χ1v) is 15.0. The van der Waals surface area contributed by atoms with Crippen molar-refractivity contribution in [3.63, 3.8) is 0 Å². The first-order valence-electron chi connectivity index (χ1n) is 15.0. The van der Waals surface area contributed by atoms with Gasteiger partial charge in [0.1, 0.15) is 5.58 Å². The van der Waals surface area contributed by atoms with E-state index in [0.717, 1.165) is 70.3 Å². The van der Waals surface area contributed by atoms with E-state index in [1.165, 1.54) is 11.1 Å². The molecule has 2 fully saturated rings. The second-order valence-corrected chi connectivity index (χ2v) is 11.6. The largest absolute Gasteiger partial charge is 0.451 e. The molecule has 0 unspecified atom stereocenters. The summed E-state index contributed by atoms with van der Waals surface area (Å²) in [4.78, 5) is 34.9. The number of aromatic nitrogens is 1. The average molecular weight is 577 g/mol. The van der Waals surface area contributed by atoms with E-state index >= 15 is 0 Å². The van der Waals surface area contributed by atoms with Gasteiger partial charge in [-0.15, -0.1) is 0 Å². The molecule has 0 bridgehead atoms. The van der Waals surface area contributed by atoms with Crippen LogP contribution in [0.3, 0.4) is 0 Å². The molecule has 0 radical (unpaired) electrons. The summed E-state index contributed by atoms with van der Waals surface area (Å²) in [5, 5.41) is 16.0. The van der Waals surface area contributed by atoms with Gasteiger partial charge in [-0.3, -0.25) is 24.4 Å². The molecule has 2 aliphatic rings. The molecule has 9 nitrogen and oxygen atoms in total. The Hall–Kier alpha value is -4.52. The number of hydrogen-bond donors (Lipinski definition) is 2. The molecule has 2 saturated heterocycles. The van der Waals surface area contributed by atoms with E-state index in [2.05, 4.69) is 37.6 Å². The number of carbonyl (C=O) groups excluding carboxylic acids is 2. The van der Waals surface area contributed by atoms with E-state index in [-0.39, 0.29) is 29.5 Å². The minimum Gasteiger partial charge on any atom is -0.451 e.